The summed E-state index contributed by atoms with van der Waals surface area (Å²) < 4.78 is 0. The third kappa shape index (κ3) is 9.87. The van der Waals surface area contributed by atoms with Crippen LogP contribution in [0.2, 0.25) is 0 Å². The van der Waals surface area contributed by atoms with Crippen LogP contribution < -0.4 is 16.0 Å². The summed E-state index contributed by atoms with van der Waals surface area (Å²) in [5.41, 5.74) is -0.287. The van der Waals surface area contributed by atoms with E-state index in [1.54, 1.807) is 0 Å². The van der Waals surface area contributed by atoms with Gasteiger partial charge in [0.25, 0.3) is 0 Å². The average molecular weight is 299 g/mol. The molecule has 0 aliphatic carbocycles. The summed E-state index contributed by atoms with van der Waals surface area (Å²) in [7, 11) is 0. The summed E-state index contributed by atoms with van der Waals surface area (Å²) in [5, 5.41) is 8.04. The first-order valence-corrected chi connectivity index (χ1v) is 7.62. The molecule has 0 fully saturated rings. The molecule has 0 unspecified atom stereocenters. The smallest absolute Gasteiger partial charge is 0.315 e. The van der Waals surface area contributed by atoms with Gasteiger partial charge in [0.1, 0.15) is 6.29 Å². The van der Waals surface area contributed by atoms with E-state index in [-0.39, 0.29) is 29.9 Å². The molecule has 1 atom stereocenters. The van der Waals surface area contributed by atoms with Gasteiger partial charge in [-0.2, -0.15) is 0 Å². The SMILES string of the molecule is CC[C@H](C=O)CCCNC(=O)CNC(=O)NC(C)(C)CC. The van der Waals surface area contributed by atoms with Gasteiger partial charge in [-0.25, -0.2) is 4.79 Å². The Morgan fingerprint density at radius 1 is 1.19 bits per heavy atom. The van der Waals surface area contributed by atoms with Crippen molar-refractivity contribution in [3.8, 4) is 0 Å². The van der Waals surface area contributed by atoms with E-state index in [0.29, 0.717) is 6.54 Å². The molecular weight excluding hydrogens is 270 g/mol. The molecule has 122 valence electrons. The van der Waals surface area contributed by atoms with Crippen LogP contribution in [0.15, 0.2) is 0 Å². The van der Waals surface area contributed by atoms with E-state index in [4.69, 9.17) is 0 Å². The summed E-state index contributed by atoms with van der Waals surface area (Å²) in [6, 6.07) is -0.344. The van der Waals surface area contributed by atoms with Gasteiger partial charge in [-0.15, -0.1) is 0 Å². The first-order chi connectivity index (χ1) is 9.84. The Morgan fingerprint density at radius 3 is 2.38 bits per heavy atom. The topological polar surface area (TPSA) is 87.3 Å². The van der Waals surface area contributed by atoms with Crippen molar-refractivity contribution >= 4 is 18.2 Å². The summed E-state index contributed by atoms with van der Waals surface area (Å²) in [4.78, 5) is 33.8. The lowest BCUT2D eigenvalue weighted by Crippen LogP contribution is -2.50. The van der Waals surface area contributed by atoms with Crippen LogP contribution in [0.25, 0.3) is 0 Å². The fourth-order valence-electron chi connectivity index (χ4n) is 1.62. The molecule has 0 aromatic heterocycles. The second-order valence-corrected chi connectivity index (χ2v) is 5.84. The standard InChI is InChI=1S/C15H29N3O3/c1-5-12(11-19)8-7-9-16-13(20)10-17-14(21)18-15(3,4)6-2/h11-12H,5-10H2,1-4H3,(H,16,20)(H2,17,18,21)/t12-/m0/s1. The summed E-state index contributed by atoms with van der Waals surface area (Å²) in [6.45, 7) is 8.27. The third-order valence-corrected chi connectivity index (χ3v) is 3.54. The highest BCUT2D eigenvalue weighted by Gasteiger charge is 2.17. The second-order valence-electron chi connectivity index (χ2n) is 5.84. The zero-order chi connectivity index (χ0) is 16.3. The molecule has 3 N–H and O–H groups in total. The molecule has 0 aromatic carbocycles. The van der Waals surface area contributed by atoms with Crippen molar-refractivity contribution in [1.82, 2.24) is 16.0 Å². The normalized spacial score (nSPS) is 12.4. The highest BCUT2D eigenvalue weighted by Crippen LogP contribution is 2.06. The van der Waals surface area contributed by atoms with Crippen molar-refractivity contribution in [3.63, 3.8) is 0 Å². The third-order valence-electron chi connectivity index (χ3n) is 3.54. The minimum Gasteiger partial charge on any atom is -0.355 e. The highest BCUT2D eigenvalue weighted by atomic mass is 16.2. The molecule has 0 saturated carbocycles. The van der Waals surface area contributed by atoms with Crippen LogP contribution in [0.3, 0.4) is 0 Å². The molecule has 0 aliphatic heterocycles. The molecule has 0 aliphatic rings. The number of hydrogen-bond donors (Lipinski definition) is 3. The molecule has 6 nitrogen and oxygen atoms in total. The van der Waals surface area contributed by atoms with Gasteiger partial charge in [0, 0.05) is 18.0 Å². The minimum atomic E-state index is -0.344. The van der Waals surface area contributed by atoms with Gasteiger partial charge in [0.2, 0.25) is 5.91 Å². The van der Waals surface area contributed by atoms with Crippen LogP contribution in [0.5, 0.6) is 0 Å². The maximum Gasteiger partial charge on any atom is 0.315 e. The van der Waals surface area contributed by atoms with Crippen molar-refractivity contribution in [1.29, 1.82) is 0 Å². The Balaban J connectivity index is 3.76. The van der Waals surface area contributed by atoms with Crippen LogP contribution in [0.1, 0.15) is 53.4 Å². The zero-order valence-electron chi connectivity index (χ0n) is 13.6. The van der Waals surface area contributed by atoms with Gasteiger partial charge in [0.15, 0.2) is 0 Å². The highest BCUT2D eigenvalue weighted by molar-refractivity contribution is 5.84. The van der Waals surface area contributed by atoms with Gasteiger partial charge in [-0.3, -0.25) is 4.79 Å². The van der Waals surface area contributed by atoms with Crippen molar-refractivity contribution in [2.24, 2.45) is 5.92 Å². The van der Waals surface area contributed by atoms with Gasteiger partial charge < -0.3 is 20.7 Å². The van der Waals surface area contributed by atoms with E-state index < -0.39 is 0 Å². The Hall–Kier alpha value is -1.59. The number of hydrogen-bond acceptors (Lipinski definition) is 3. The van der Waals surface area contributed by atoms with Crippen molar-refractivity contribution in [2.45, 2.75) is 58.9 Å². The number of aldehydes is 1. The summed E-state index contributed by atoms with van der Waals surface area (Å²) >= 11 is 0. The molecule has 0 spiro atoms. The second kappa shape index (κ2) is 10.2. The predicted octanol–water partition coefficient (Wildman–Crippen LogP) is 1.60. The largest absolute Gasteiger partial charge is 0.355 e. The van der Waals surface area contributed by atoms with E-state index in [9.17, 15) is 14.4 Å². The first kappa shape index (κ1) is 19.4. The van der Waals surface area contributed by atoms with Gasteiger partial charge in [0.05, 0.1) is 6.54 Å². The molecule has 0 saturated heterocycles. The Labute approximate surface area is 127 Å². The quantitative estimate of drug-likeness (QED) is 0.423. The first-order valence-electron chi connectivity index (χ1n) is 7.62. The lowest BCUT2D eigenvalue weighted by molar-refractivity contribution is -0.120. The number of carbonyl (C=O) groups excluding carboxylic acids is 3. The van der Waals surface area contributed by atoms with E-state index in [2.05, 4.69) is 16.0 Å². The van der Waals surface area contributed by atoms with Gasteiger partial charge in [-0.05, 0) is 39.5 Å². The van der Waals surface area contributed by atoms with Crippen LogP contribution in [0, 0.1) is 5.92 Å². The van der Waals surface area contributed by atoms with E-state index in [1.807, 2.05) is 27.7 Å². The fourth-order valence-corrected chi connectivity index (χ4v) is 1.62. The van der Waals surface area contributed by atoms with E-state index in [0.717, 1.165) is 32.0 Å². The van der Waals surface area contributed by atoms with Gasteiger partial charge >= 0.3 is 6.03 Å². The lowest BCUT2D eigenvalue weighted by Gasteiger charge is -2.24. The number of rotatable bonds is 10. The van der Waals surface area contributed by atoms with E-state index in [1.165, 1.54) is 0 Å². The van der Waals surface area contributed by atoms with Crippen molar-refractivity contribution < 1.29 is 14.4 Å². The van der Waals surface area contributed by atoms with Gasteiger partial charge in [-0.1, -0.05) is 13.8 Å². The van der Waals surface area contributed by atoms with Crippen LogP contribution >= 0.6 is 0 Å². The molecule has 0 rings (SSSR count). The molecular formula is C15H29N3O3. The maximum atomic E-state index is 11.6. The van der Waals surface area contributed by atoms with E-state index >= 15 is 0 Å². The fraction of sp³-hybridized carbons (Fsp3) is 0.800. The number of amides is 3. The number of urea groups is 1. The Bertz CT molecular complexity index is 343. The van der Waals surface area contributed by atoms with Crippen molar-refractivity contribution in [3.05, 3.63) is 0 Å². The lowest BCUT2D eigenvalue weighted by atomic mass is 10.0. The molecule has 3 amide bonds. The monoisotopic (exact) mass is 299 g/mol. The molecule has 21 heavy (non-hydrogen) atoms. The average Bonchev–Trinajstić information content (AvgIpc) is 2.45. The number of nitrogens with one attached hydrogen (secondary N) is 3. The van der Waals surface area contributed by atoms with Crippen LogP contribution in [-0.4, -0.2) is 36.9 Å². The van der Waals surface area contributed by atoms with Crippen molar-refractivity contribution in [2.75, 3.05) is 13.1 Å². The summed E-state index contributed by atoms with van der Waals surface area (Å²) in [5.74, 6) is -0.152. The van der Waals surface area contributed by atoms with Crippen LogP contribution in [0.4, 0.5) is 4.79 Å². The Kier molecular flexibility index (Phi) is 9.41. The number of carbonyl (C=O) groups is 3. The minimum absolute atomic E-state index is 0.0451. The molecule has 0 bridgehead atoms. The molecule has 0 heterocycles. The molecule has 0 radical (unpaired) electrons. The maximum absolute atomic E-state index is 11.6. The predicted molar refractivity (Wildman–Crippen MR) is 83.0 cm³/mol. The molecule has 6 heteroatoms. The molecule has 0 aromatic rings. The Morgan fingerprint density at radius 2 is 1.86 bits per heavy atom. The summed E-state index contributed by atoms with van der Waals surface area (Å²) in [6.07, 6.45) is 4.13. The zero-order valence-corrected chi connectivity index (χ0v) is 13.6. The van der Waals surface area contributed by atoms with Crippen LogP contribution in [-0.2, 0) is 9.59 Å².